The molecule has 194 valence electrons. The van der Waals surface area contributed by atoms with Crippen LogP contribution in [-0.2, 0) is 9.53 Å². The van der Waals surface area contributed by atoms with Crippen molar-refractivity contribution in [1.82, 2.24) is 9.97 Å². The van der Waals surface area contributed by atoms with Crippen LogP contribution in [0.5, 0.6) is 5.75 Å². The number of aryl methyl sites for hydroxylation is 1. The lowest BCUT2D eigenvalue weighted by Gasteiger charge is -2.27. The molecule has 0 bridgehead atoms. The molecule has 1 aromatic heterocycles. The summed E-state index contributed by atoms with van der Waals surface area (Å²) in [6.07, 6.45) is 5.57. The van der Waals surface area contributed by atoms with Crippen LogP contribution in [0.1, 0.15) is 51.5 Å². The Kier molecular flexibility index (Phi) is 11.9. The number of ether oxygens (including phenoxy) is 2. The molecule has 1 fully saturated rings. The Hall–Kier alpha value is -3.43. The van der Waals surface area contributed by atoms with E-state index < -0.39 is 12.1 Å². The van der Waals surface area contributed by atoms with Gasteiger partial charge >= 0.3 is 0 Å². The third-order valence-corrected chi connectivity index (χ3v) is 5.51. The van der Waals surface area contributed by atoms with Crippen LogP contribution in [0.15, 0.2) is 41.7 Å². The Morgan fingerprint density at radius 3 is 2.56 bits per heavy atom. The van der Waals surface area contributed by atoms with Gasteiger partial charge in [0.1, 0.15) is 36.6 Å². The third kappa shape index (κ3) is 8.07. The number of aliphatic hydroxyl groups is 1. The van der Waals surface area contributed by atoms with Crippen molar-refractivity contribution in [2.75, 3.05) is 11.9 Å². The summed E-state index contributed by atoms with van der Waals surface area (Å²) in [6, 6.07) is 8.01. The topological polar surface area (TPSA) is 106 Å². The number of carbonyl (C=O) groups is 1. The van der Waals surface area contributed by atoms with E-state index in [2.05, 4.69) is 40.8 Å². The van der Waals surface area contributed by atoms with Gasteiger partial charge in [0.05, 0.1) is 23.5 Å². The second-order valence-electron chi connectivity index (χ2n) is 8.26. The molecular formula is C27H35FN4O4. The molecule has 0 aliphatic carbocycles. The van der Waals surface area contributed by atoms with Gasteiger partial charge in [0.25, 0.3) is 0 Å². The van der Waals surface area contributed by atoms with Crippen molar-refractivity contribution in [2.45, 2.75) is 65.3 Å². The van der Waals surface area contributed by atoms with Gasteiger partial charge in [-0.15, -0.1) is 0 Å². The number of nitrogens with zero attached hydrogens (tertiary/aromatic N) is 3. The first-order chi connectivity index (χ1) is 17.4. The number of hydrogen-bond donors (Lipinski definition) is 2. The summed E-state index contributed by atoms with van der Waals surface area (Å²) in [6.45, 7) is 12.2. The van der Waals surface area contributed by atoms with Gasteiger partial charge in [-0.1, -0.05) is 33.1 Å². The lowest BCUT2D eigenvalue weighted by atomic mass is 10.1. The minimum atomic E-state index is -0.773. The molecule has 2 aromatic carbocycles. The Balaban J connectivity index is 0.000000583. The predicted molar refractivity (Wildman–Crippen MR) is 141 cm³/mol. The Labute approximate surface area is 211 Å². The number of hydrogen-bond acceptors (Lipinski definition) is 8. The first-order valence-corrected chi connectivity index (χ1v) is 12.0. The van der Waals surface area contributed by atoms with Crippen LogP contribution in [0.25, 0.3) is 10.9 Å². The van der Waals surface area contributed by atoms with Crippen LogP contribution >= 0.6 is 0 Å². The van der Waals surface area contributed by atoms with E-state index in [-0.39, 0.29) is 12.7 Å². The van der Waals surface area contributed by atoms with Crippen LogP contribution < -0.4 is 10.1 Å². The van der Waals surface area contributed by atoms with E-state index in [1.165, 1.54) is 37.7 Å². The number of halogens is 1. The zero-order chi connectivity index (χ0) is 26.5. The zero-order valence-electron chi connectivity index (χ0n) is 21.2. The van der Waals surface area contributed by atoms with Gasteiger partial charge in [0, 0.05) is 17.9 Å². The number of rotatable bonds is 7. The maximum Gasteiger partial charge on any atom is 0.154 e. The van der Waals surface area contributed by atoms with Crippen molar-refractivity contribution in [3.8, 4) is 5.75 Å². The molecule has 2 N–H and O–H groups in total. The minimum Gasteiger partial charge on any atom is -0.486 e. The molecule has 0 amide bonds. The molecule has 1 saturated heterocycles. The van der Waals surface area contributed by atoms with Gasteiger partial charge in [0.15, 0.2) is 6.29 Å². The summed E-state index contributed by atoms with van der Waals surface area (Å²) >= 11 is 0. The zero-order valence-corrected chi connectivity index (χ0v) is 21.2. The molecular weight excluding hydrogens is 463 g/mol. The number of nitrogens with one attached hydrogen (secondary N) is 1. The second-order valence-corrected chi connectivity index (χ2v) is 8.26. The van der Waals surface area contributed by atoms with Gasteiger partial charge in [0.2, 0.25) is 0 Å². The molecule has 2 atom stereocenters. The van der Waals surface area contributed by atoms with Gasteiger partial charge in [-0.05, 0) is 49.9 Å². The molecule has 2 heterocycles. The summed E-state index contributed by atoms with van der Waals surface area (Å²) in [5, 5.41) is 13.5. The molecule has 0 spiro atoms. The van der Waals surface area contributed by atoms with Crippen molar-refractivity contribution in [1.29, 1.82) is 0 Å². The third-order valence-electron chi connectivity index (χ3n) is 5.51. The molecule has 0 radical (unpaired) electrons. The van der Waals surface area contributed by atoms with Gasteiger partial charge < -0.3 is 24.7 Å². The molecule has 8 nitrogen and oxygen atoms in total. The molecule has 9 heteroatoms. The van der Waals surface area contributed by atoms with Gasteiger partial charge in [-0.25, -0.2) is 14.4 Å². The van der Waals surface area contributed by atoms with Crippen molar-refractivity contribution >= 4 is 41.6 Å². The highest BCUT2D eigenvalue weighted by Gasteiger charge is 2.22. The van der Waals surface area contributed by atoms with Gasteiger partial charge in [-0.2, -0.15) is 0 Å². The number of fused-ring (bicyclic) bond motifs is 1. The average Bonchev–Trinajstić information content (AvgIpc) is 2.89. The fraction of sp³-hybridized carbons (Fsp3) is 0.407. The van der Waals surface area contributed by atoms with E-state index in [0.717, 1.165) is 22.2 Å². The molecule has 2 unspecified atom stereocenters. The molecule has 4 rings (SSSR count). The highest BCUT2D eigenvalue weighted by molar-refractivity contribution is 5.95. The predicted octanol–water partition coefficient (Wildman–Crippen LogP) is 6.04. The molecule has 1 aliphatic heterocycles. The smallest absolute Gasteiger partial charge is 0.154 e. The Bertz CT molecular complexity index is 1120. The average molecular weight is 499 g/mol. The maximum atomic E-state index is 13.9. The Morgan fingerprint density at radius 2 is 1.94 bits per heavy atom. The SMILES string of the molecule is C=Nc1cc(C)c2c(Nc3ccc(F)cc3OC3CCC(O)OC3)ncnc2c1.C=O.CCCCC. The van der Waals surface area contributed by atoms with Crippen LogP contribution in [0.3, 0.4) is 0 Å². The van der Waals surface area contributed by atoms with Crippen LogP contribution in [0, 0.1) is 12.7 Å². The monoisotopic (exact) mass is 498 g/mol. The number of carbonyl (C=O) groups excluding carboxylic acids is 1. The first kappa shape index (κ1) is 28.8. The fourth-order valence-electron chi connectivity index (χ4n) is 3.72. The van der Waals surface area contributed by atoms with Crippen molar-refractivity contribution in [2.24, 2.45) is 4.99 Å². The lowest BCUT2D eigenvalue weighted by Crippen LogP contribution is -2.33. The number of aromatic nitrogens is 2. The first-order valence-electron chi connectivity index (χ1n) is 12.0. The van der Waals surface area contributed by atoms with Crippen LogP contribution in [0.4, 0.5) is 21.6 Å². The standard InChI is InChI=1S/C21H21FN4O3.C5H12.CH2O/c1-12-7-14(23-2)9-17-20(12)21(25-11-24-17)26-16-5-3-13(22)8-18(16)29-15-4-6-19(27)28-10-15;1-3-5-4-2;1-2/h3,5,7-9,11,15,19,27H,2,4,6,10H2,1H3,(H,24,25,26);3-5H2,1-2H3;1H2. The number of aliphatic hydroxyl groups excluding tert-OH is 1. The number of aliphatic imine (C=N–C) groups is 1. The summed E-state index contributed by atoms with van der Waals surface area (Å²) in [4.78, 5) is 20.7. The highest BCUT2D eigenvalue weighted by atomic mass is 19.1. The van der Waals surface area contributed by atoms with E-state index in [1.54, 1.807) is 6.07 Å². The highest BCUT2D eigenvalue weighted by Crippen LogP contribution is 2.34. The van der Waals surface area contributed by atoms with Crippen LogP contribution in [0.2, 0.25) is 0 Å². The van der Waals surface area contributed by atoms with Crippen LogP contribution in [-0.4, -0.2) is 47.6 Å². The summed E-state index contributed by atoms with van der Waals surface area (Å²) in [7, 11) is 0. The van der Waals surface area contributed by atoms with E-state index in [9.17, 15) is 9.50 Å². The largest absolute Gasteiger partial charge is 0.486 e. The minimum absolute atomic E-state index is 0.240. The van der Waals surface area contributed by atoms with Gasteiger partial charge in [-0.3, -0.25) is 4.99 Å². The summed E-state index contributed by atoms with van der Waals surface area (Å²) in [5.41, 5.74) is 2.96. The normalized spacial score (nSPS) is 16.7. The fourth-order valence-corrected chi connectivity index (χ4v) is 3.72. The number of unbranched alkanes of at least 4 members (excludes halogenated alkanes) is 2. The van der Waals surface area contributed by atoms with Crippen molar-refractivity contribution < 1.29 is 23.8 Å². The van der Waals surface area contributed by atoms with Crippen molar-refractivity contribution in [3.63, 3.8) is 0 Å². The van der Waals surface area contributed by atoms with E-state index in [4.69, 9.17) is 14.3 Å². The van der Waals surface area contributed by atoms with E-state index >= 15 is 0 Å². The summed E-state index contributed by atoms with van der Waals surface area (Å²) < 4.78 is 25.1. The quantitative estimate of drug-likeness (QED) is 0.383. The second kappa shape index (κ2) is 14.9. The molecule has 3 aromatic rings. The molecule has 1 aliphatic rings. The van der Waals surface area contributed by atoms with E-state index in [0.29, 0.717) is 30.1 Å². The Morgan fingerprint density at radius 1 is 1.19 bits per heavy atom. The number of anilines is 2. The van der Waals surface area contributed by atoms with E-state index in [1.807, 2.05) is 25.8 Å². The number of benzene rings is 2. The lowest BCUT2D eigenvalue weighted by molar-refractivity contribution is -0.151. The molecule has 36 heavy (non-hydrogen) atoms. The van der Waals surface area contributed by atoms with Crippen molar-refractivity contribution in [3.05, 3.63) is 48.0 Å². The summed E-state index contributed by atoms with van der Waals surface area (Å²) in [5.74, 6) is 0.520. The molecule has 0 saturated carbocycles. The maximum absolute atomic E-state index is 13.9.